The summed E-state index contributed by atoms with van der Waals surface area (Å²) >= 11 is 0. The number of hydrogen-bond acceptors (Lipinski definition) is 5. The van der Waals surface area contributed by atoms with Gasteiger partial charge in [-0.25, -0.2) is 12.7 Å². The van der Waals surface area contributed by atoms with Gasteiger partial charge in [-0.2, -0.15) is 0 Å². The third kappa shape index (κ3) is 3.22. The molecule has 1 atom stereocenters. The molecule has 1 unspecified atom stereocenters. The third-order valence-corrected chi connectivity index (χ3v) is 6.65. The number of nitrogens with zero attached hydrogens (tertiary/aromatic N) is 2. The fourth-order valence-electron chi connectivity index (χ4n) is 3.96. The van der Waals surface area contributed by atoms with Crippen molar-refractivity contribution in [1.82, 2.24) is 9.21 Å². The number of rotatable bonds is 4. The molecule has 24 heavy (non-hydrogen) atoms. The molecule has 0 N–H and O–H groups in total. The molecule has 0 bridgehead atoms. The highest BCUT2D eigenvalue weighted by Gasteiger charge is 2.50. The molecule has 1 aromatic heterocycles. The van der Waals surface area contributed by atoms with Gasteiger partial charge in [-0.3, -0.25) is 4.79 Å². The quantitative estimate of drug-likeness (QED) is 0.805. The Morgan fingerprint density at radius 3 is 2.67 bits per heavy atom. The number of ether oxygens (including phenoxy) is 1. The van der Waals surface area contributed by atoms with Crippen molar-refractivity contribution in [2.75, 3.05) is 46.2 Å². The van der Waals surface area contributed by atoms with E-state index in [2.05, 4.69) is 0 Å². The lowest BCUT2D eigenvalue weighted by Crippen LogP contribution is -2.47. The smallest absolute Gasteiger partial charge is 0.257 e. The van der Waals surface area contributed by atoms with Gasteiger partial charge in [0.05, 0.1) is 24.7 Å². The minimum Gasteiger partial charge on any atom is -0.472 e. The van der Waals surface area contributed by atoms with E-state index in [-0.39, 0.29) is 17.2 Å². The number of piperidine rings is 1. The number of hydrogen-bond donors (Lipinski definition) is 0. The molecule has 1 aromatic rings. The van der Waals surface area contributed by atoms with E-state index in [0.717, 1.165) is 12.8 Å². The molecule has 1 amide bonds. The molecule has 2 aliphatic rings. The average Bonchev–Trinajstić information content (AvgIpc) is 3.17. The molecule has 1 spiro atoms. The largest absolute Gasteiger partial charge is 0.472 e. The van der Waals surface area contributed by atoms with Crippen LogP contribution in [0.4, 0.5) is 0 Å². The Hall–Kier alpha value is -1.38. The Balaban J connectivity index is 1.71. The van der Waals surface area contributed by atoms with Crippen molar-refractivity contribution in [3.8, 4) is 0 Å². The Kier molecular flexibility index (Phi) is 4.72. The first-order valence-electron chi connectivity index (χ1n) is 8.11. The van der Waals surface area contributed by atoms with Crippen LogP contribution in [0.5, 0.6) is 0 Å². The van der Waals surface area contributed by atoms with E-state index in [1.807, 2.05) is 4.90 Å². The summed E-state index contributed by atoms with van der Waals surface area (Å²) in [4.78, 5) is 14.3. The predicted molar refractivity (Wildman–Crippen MR) is 88.1 cm³/mol. The van der Waals surface area contributed by atoms with E-state index in [1.165, 1.54) is 18.8 Å². The van der Waals surface area contributed by atoms with Gasteiger partial charge in [-0.15, -0.1) is 0 Å². The number of likely N-dealkylation sites (tertiary alicyclic amines) is 1. The standard InChI is InChI=1S/C16H24N2O5S/c1-22-11-14-9-18(24(2,20)21)12-16(14)4-6-17(7-5-16)15(19)13-3-8-23-10-13/h3,8,10,14H,4-7,9,11-12H2,1-2H3. The van der Waals surface area contributed by atoms with Crippen molar-refractivity contribution in [2.24, 2.45) is 11.3 Å². The molecule has 0 aromatic carbocycles. The van der Waals surface area contributed by atoms with Crippen LogP contribution in [0.2, 0.25) is 0 Å². The van der Waals surface area contributed by atoms with E-state index in [1.54, 1.807) is 17.5 Å². The van der Waals surface area contributed by atoms with E-state index in [4.69, 9.17) is 9.15 Å². The first-order valence-corrected chi connectivity index (χ1v) is 9.96. The second-order valence-electron chi connectivity index (χ2n) is 6.87. The number of carbonyl (C=O) groups is 1. The van der Waals surface area contributed by atoms with Crippen molar-refractivity contribution in [3.05, 3.63) is 24.2 Å². The molecule has 2 aliphatic heterocycles. The normalized spacial score (nSPS) is 24.6. The Bertz CT molecular complexity index is 677. The second-order valence-corrected chi connectivity index (χ2v) is 8.86. The second kappa shape index (κ2) is 6.50. The van der Waals surface area contributed by atoms with E-state index < -0.39 is 10.0 Å². The van der Waals surface area contributed by atoms with Crippen molar-refractivity contribution in [2.45, 2.75) is 12.8 Å². The SMILES string of the molecule is COCC1CN(S(C)(=O)=O)CC12CCN(C(=O)c1ccoc1)CC2. The number of amides is 1. The molecule has 0 radical (unpaired) electrons. The van der Waals surface area contributed by atoms with E-state index >= 15 is 0 Å². The summed E-state index contributed by atoms with van der Waals surface area (Å²) in [6.07, 6.45) is 5.79. The maximum atomic E-state index is 12.4. The van der Waals surface area contributed by atoms with Gasteiger partial charge < -0.3 is 14.1 Å². The van der Waals surface area contributed by atoms with Crippen LogP contribution in [0, 0.1) is 11.3 Å². The lowest BCUT2D eigenvalue weighted by Gasteiger charge is -2.42. The number of furan rings is 1. The van der Waals surface area contributed by atoms with Crippen LogP contribution in [0.1, 0.15) is 23.2 Å². The summed E-state index contributed by atoms with van der Waals surface area (Å²) in [5.74, 6) is 0.142. The van der Waals surface area contributed by atoms with Crippen LogP contribution in [-0.2, 0) is 14.8 Å². The maximum absolute atomic E-state index is 12.4. The molecule has 0 saturated carbocycles. The first-order chi connectivity index (χ1) is 11.4. The van der Waals surface area contributed by atoms with Gasteiger partial charge in [-0.1, -0.05) is 0 Å². The Morgan fingerprint density at radius 2 is 2.12 bits per heavy atom. The maximum Gasteiger partial charge on any atom is 0.257 e. The van der Waals surface area contributed by atoms with Gasteiger partial charge >= 0.3 is 0 Å². The summed E-state index contributed by atoms with van der Waals surface area (Å²) in [5.41, 5.74) is 0.454. The Morgan fingerprint density at radius 1 is 1.42 bits per heavy atom. The van der Waals surface area contributed by atoms with Gasteiger partial charge in [0.15, 0.2) is 0 Å². The molecule has 3 heterocycles. The van der Waals surface area contributed by atoms with Crippen LogP contribution in [-0.4, -0.2) is 69.7 Å². The fraction of sp³-hybridized carbons (Fsp3) is 0.688. The first kappa shape index (κ1) is 17.4. The molecule has 8 heteroatoms. The molecule has 134 valence electrons. The summed E-state index contributed by atoms with van der Waals surface area (Å²) in [5, 5.41) is 0. The minimum absolute atomic E-state index is 0.0279. The van der Waals surface area contributed by atoms with Crippen LogP contribution in [0.25, 0.3) is 0 Å². The van der Waals surface area contributed by atoms with E-state index in [9.17, 15) is 13.2 Å². The molecular formula is C16H24N2O5S. The Labute approximate surface area is 142 Å². The van der Waals surface area contributed by atoms with Crippen LogP contribution >= 0.6 is 0 Å². The molecule has 2 fully saturated rings. The zero-order chi connectivity index (χ0) is 17.4. The van der Waals surface area contributed by atoms with Crippen LogP contribution in [0.15, 0.2) is 23.0 Å². The van der Waals surface area contributed by atoms with Crippen molar-refractivity contribution >= 4 is 15.9 Å². The third-order valence-electron chi connectivity index (χ3n) is 5.43. The van der Waals surface area contributed by atoms with Gasteiger partial charge in [0.2, 0.25) is 10.0 Å². The number of carbonyl (C=O) groups excluding carboxylic acids is 1. The minimum atomic E-state index is -3.21. The van der Waals surface area contributed by atoms with E-state index in [0.29, 0.717) is 38.3 Å². The van der Waals surface area contributed by atoms with Crippen LogP contribution in [0.3, 0.4) is 0 Å². The van der Waals surface area contributed by atoms with Gasteiger partial charge in [0, 0.05) is 39.2 Å². The summed E-state index contributed by atoms with van der Waals surface area (Å²) < 4.78 is 35.8. The predicted octanol–water partition coefficient (Wildman–Crippen LogP) is 1.04. The van der Waals surface area contributed by atoms with Gasteiger partial charge in [-0.05, 0) is 24.3 Å². The van der Waals surface area contributed by atoms with Gasteiger partial charge in [0.25, 0.3) is 5.91 Å². The fourth-order valence-corrected chi connectivity index (χ4v) is 4.90. The molecule has 2 saturated heterocycles. The zero-order valence-electron chi connectivity index (χ0n) is 14.1. The van der Waals surface area contributed by atoms with Crippen molar-refractivity contribution < 1.29 is 22.4 Å². The van der Waals surface area contributed by atoms with Gasteiger partial charge in [0.1, 0.15) is 6.26 Å². The summed E-state index contributed by atoms with van der Waals surface area (Å²) in [6, 6.07) is 1.67. The highest BCUT2D eigenvalue weighted by molar-refractivity contribution is 7.88. The average molecular weight is 356 g/mol. The number of methoxy groups -OCH3 is 1. The highest BCUT2D eigenvalue weighted by Crippen LogP contribution is 2.45. The monoisotopic (exact) mass is 356 g/mol. The lowest BCUT2D eigenvalue weighted by molar-refractivity contribution is 0.0327. The topological polar surface area (TPSA) is 80.1 Å². The van der Waals surface area contributed by atoms with Crippen LogP contribution < -0.4 is 0 Å². The number of sulfonamides is 1. The molecule has 7 nitrogen and oxygen atoms in total. The molecular weight excluding hydrogens is 332 g/mol. The lowest BCUT2D eigenvalue weighted by atomic mass is 9.71. The van der Waals surface area contributed by atoms with Crippen molar-refractivity contribution in [1.29, 1.82) is 0 Å². The zero-order valence-corrected chi connectivity index (χ0v) is 14.9. The summed E-state index contributed by atoms with van der Waals surface area (Å²) in [7, 11) is -1.56. The summed E-state index contributed by atoms with van der Waals surface area (Å²) in [6.45, 7) is 2.82. The highest BCUT2D eigenvalue weighted by atomic mass is 32.2. The van der Waals surface area contributed by atoms with Crippen molar-refractivity contribution in [3.63, 3.8) is 0 Å². The molecule has 0 aliphatic carbocycles. The molecule has 3 rings (SSSR count).